The molecular formula is C11H14N4O. The Bertz CT molecular complexity index is 427. The van der Waals surface area contributed by atoms with Crippen molar-refractivity contribution in [1.29, 1.82) is 0 Å². The second-order valence-corrected chi connectivity index (χ2v) is 3.53. The molecule has 2 aromatic heterocycles. The van der Waals surface area contributed by atoms with E-state index in [0.29, 0.717) is 5.89 Å². The average Bonchev–Trinajstić information content (AvgIpc) is 2.77. The average molecular weight is 218 g/mol. The highest BCUT2D eigenvalue weighted by Gasteiger charge is 1.98. The first kappa shape index (κ1) is 10.8. The van der Waals surface area contributed by atoms with Crippen LogP contribution < -0.4 is 5.32 Å². The molecule has 0 saturated carbocycles. The van der Waals surface area contributed by atoms with Crippen molar-refractivity contribution in [3.8, 4) is 0 Å². The van der Waals surface area contributed by atoms with E-state index in [0.717, 1.165) is 30.9 Å². The third-order valence-electron chi connectivity index (χ3n) is 2.17. The molecule has 0 bridgehead atoms. The summed E-state index contributed by atoms with van der Waals surface area (Å²) in [7, 11) is 0. The lowest BCUT2D eigenvalue weighted by Gasteiger charge is -2.03. The van der Waals surface area contributed by atoms with Crippen LogP contribution in [0.25, 0.3) is 0 Å². The molecule has 0 aliphatic heterocycles. The first-order valence-electron chi connectivity index (χ1n) is 5.23. The predicted octanol–water partition coefficient (Wildman–Crippen LogP) is 1.11. The molecule has 0 atom stereocenters. The summed E-state index contributed by atoms with van der Waals surface area (Å²) in [5.74, 6) is 0.657. The van der Waals surface area contributed by atoms with Crippen LogP contribution in [0, 0.1) is 6.92 Å². The van der Waals surface area contributed by atoms with Crippen molar-refractivity contribution in [2.75, 3.05) is 6.54 Å². The lowest BCUT2D eigenvalue weighted by Crippen LogP contribution is -2.17. The topological polar surface area (TPSA) is 63.8 Å². The van der Waals surface area contributed by atoms with Gasteiger partial charge in [-0.25, -0.2) is 0 Å². The highest BCUT2D eigenvalue weighted by atomic mass is 16.5. The predicted molar refractivity (Wildman–Crippen MR) is 58.7 cm³/mol. The molecule has 5 heteroatoms. The van der Waals surface area contributed by atoms with Gasteiger partial charge >= 0.3 is 0 Å². The van der Waals surface area contributed by atoms with Crippen LogP contribution in [0.3, 0.4) is 0 Å². The van der Waals surface area contributed by atoms with E-state index in [-0.39, 0.29) is 0 Å². The quantitative estimate of drug-likeness (QED) is 0.761. The lowest BCUT2D eigenvalue weighted by atomic mass is 10.3. The second kappa shape index (κ2) is 5.37. The van der Waals surface area contributed by atoms with Gasteiger partial charge in [0.25, 0.3) is 0 Å². The Labute approximate surface area is 93.9 Å². The van der Waals surface area contributed by atoms with Gasteiger partial charge in [0.05, 0.1) is 5.69 Å². The van der Waals surface area contributed by atoms with Gasteiger partial charge in [0.1, 0.15) is 0 Å². The zero-order chi connectivity index (χ0) is 11.2. The summed E-state index contributed by atoms with van der Waals surface area (Å²) in [6.45, 7) is 3.55. The fourth-order valence-corrected chi connectivity index (χ4v) is 1.42. The molecule has 16 heavy (non-hydrogen) atoms. The molecule has 2 heterocycles. The van der Waals surface area contributed by atoms with Gasteiger partial charge in [-0.15, -0.1) is 0 Å². The summed E-state index contributed by atoms with van der Waals surface area (Å²) in [5, 5.41) is 6.82. The van der Waals surface area contributed by atoms with Crippen molar-refractivity contribution in [3.63, 3.8) is 0 Å². The van der Waals surface area contributed by atoms with Crippen molar-refractivity contribution < 1.29 is 4.52 Å². The Morgan fingerprint density at radius 2 is 2.31 bits per heavy atom. The number of aromatic nitrogens is 3. The number of hydrogen-bond acceptors (Lipinski definition) is 5. The molecule has 0 aromatic carbocycles. The summed E-state index contributed by atoms with van der Waals surface area (Å²) in [5.41, 5.74) is 2.08. The maximum atomic E-state index is 4.89. The molecule has 5 nitrogen and oxygen atoms in total. The van der Waals surface area contributed by atoms with Gasteiger partial charge in [-0.2, -0.15) is 4.98 Å². The second-order valence-electron chi connectivity index (χ2n) is 3.53. The molecule has 0 spiro atoms. The van der Waals surface area contributed by atoms with Crippen molar-refractivity contribution in [3.05, 3.63) is 41.8 Å². The smallest absolute Gasteiger partial charge is 0.227 e. The molecule has 0 saturated heterocycles. The van der Waals surface area contributed by atoms with Gasteiger partial charge in [0.15, 0.2) is 6.33 Å². The van der Waals surface area contributed by atoms with Gasteiger partial charge in [-0.05, 0) is 19.1 Å². The van der Waals surface area contributed by atoms with Crippen molar-refractivity contribution in [1.82, 2.24) is 20.4 Å². The molecule has 84 valence electrons. The molecule has 0 unspecified atom stereocenters. The van der Waals surface area contributed by atoms with Gasteiger partial charge < -0.3 is 9.84 Å². The zero-order valence-electron chi connectivity index (χ0n) is 9.18. The molecule has 2 aromatic rings. The van der Waals surface area contributed by atoms with Crippen LogP contribution in [-0.2, 0) is 13.0 Å². The maximum Gasteiger partial charge on any atom is 0.227 e. The van der Waals surface area contributed by atoms with Crippen LogP contribution in [0.15, 0.2) is 29.0 Å². The Morgan fingerprint density at radius 1 is 1.38 bits per heavy atom. The minimum atomic E-state index is 0.657. The summed E-state index contributed by atoms with van der Waals surface area (Å²) < 4.78 is 4.89. The molecular weight excluding hydrogens is 204 g/mol. The van der Waals surface area contributed by atoms with Gasteiger partial charge in [-0.1, -0.05) is 11.2 Å². The zero-order valence-corrected chi connectivity index (χ0v) is 9.18. The molecule has 0 aliphatic rings. The van der Waals surface area contributed by atoms with E-state index in [9.17, 15) is 0 Å². The molecule has 1 N–H and O–H groups in total. The molecule has 0 amide bonds. The Kier molecular flexibility index (Phi) is 3.61. The molecule has 0 fully saturated rings. The number of nitrogens with one attached hydrogen (secondary N) is 1. The van der Waals surface area contributed by atoms with Crippen LogP contribution in [0.1, 0.15) is 17.3 Å². The van der Waals surface area contributed by atoms with Crippen molar-refractivity contribution in [2.45, 2.75) is 19.9 Å². The fraction of sp³-hybridized carbons (Fsp3) is 0.364. The monoisotopic (exact) mass is 218 g/mol. The summed E-state index contributed by atoms with van der Waals surface area (Å²) >= 11 is 0. The summed E-state index contributed by atoms with van der Waals surface area (Å²) in [4.78, 5) is 8.34. The van der Waals surface area contributed by atoms with E-state index in [2.05, 4.69) is 20.4 Å². The van der Waals surface area contributed by atoms with Crippen LogP contribution >= 0.6 is 0 Å². The minimum absolute atomic E-state index is 0.657. The number of rotatable bonds is 5. The van der Waals surface area contributed by atoms with Crippen LogP contribution in [0.2, 0.25) is 0 Å². The van der Waals surface area contributed by atoms with Crippen LogP contribution in [-0.4, -0.2) is 21.7 Å². The third kappa shape index (κ3) is 3.13. The van der Waals surface area contributed by atoms with Crippen LogP contribution in [0.4, 0.5) is 0 Å². The van der Waals surface area contributed by atoms with Gasteiger partial charge in [-0.3, -0.25) is 4.98 Å². The summed E-state index contributed by atoms with van der Waals surface area (Å²) in [6.07, 6.45) is 2.16. The first-order valence-corrected chi connectivity index (χ1v) is 5.23. The van der Waals surface area contributed by atoms with E-state index in [1.54, 1.807) is 0 Å². The normalized spacial score (nSPS) is 10.6. The Hall–Kier alpha value is -1.75. The molecule has 2 rings (SSSR count). The highest BCUT2D eigenvalue weighted by molar-refractivity contribution is 5.09. The first-order chi connectivity index (χ1) is 7.84. The third-order valence-corrected chi connectivity index (χ3v) is 2.17. The maximum absolute atomic E-state index is 4.89. The van der Waals surface area contributed by atoms with Crippen molar-refractivity contribution >= 4 is 0 Å². The van der Waals surface area contributed by atoms with Gasteiger partial charge in [0, 0.05) is 25.2 Å². The molecule has 0 aliphatic carbocycles. The SMILES string of the molecule is Cc1cccc(CNCCc2ncno2)n1. The largest absolute Gasteiger partial charge is 0.340 e. The number of nitrogens with zero attached hydrogens (tertiary/aromatic N) is 3. The highest BCUT2D eigenvalue weighted by Crippen LogP contribution is 1.97. The van der Waals surface area contributed by atoms with Crippen molar-refractivity contribution in [2.24, 2.45) is 0 Å². The standard InChI is InChI=1S/C11H14N4O/c1-9-3-2-4-10(15-9)7-12-6-5-11-13-8-14-16-11/h2-4,8,12H,5-7H2,1H3. The number of aryl methyl sites for hydroxylation is 1. The Balaban J connectivity index is 1.72. The van der Waals surface area contributed by atoms with Crippen LogP contribution in [0.5, 0.6) is 0 Å². The van der Waals surface area contributed by atoms with E-state index in [4.69, 9.17) is 4.52 Å². The van der Waals surface area contributed by atoms with Gasteiger partial charge in [0.2, 0.25) is 5.89 Å². The van der Waals surface area contributed by atoms with E-state index in [1.807, 2.05) is 25.1 Å². The Morgan fingerprint density at radius 3 is 3.06 bits per heavy atom. The van der Waals surface area contributed by atoms with E-state index >= 15 is 0 Å². The minimum Gasteiger partial charge on any atom is -0.340 e. The fourth-order valence-electron chi connectivity index (χ4n) is 1.42. The van der Waals surface area contributed by atoms with E-state index in [1.165, 1.54) is 6.33 Å². The lowest BCUT2D eigenvalue weighted by molar-refractivity contribution is 0.374. The molecule has 0 radical (unpaired) electrons. The van der Waals surface area contributed by atoms with E-state index < -0.39 is 0 Å². The number of hydrogen-bond donors (Lipinski definition) is 1. The number of pyridine rings is 1. The summed E-state index contributed by atoms with van der Waals surface area (Å²) in [6, 6.07) is 6.01.